The highest BCUT2D eigenvalue weighted by Crippen LogP contribution is 2.36. The van der Waals surface area contributed by atoms with E-state index in [0.29, 0.717) is 19.0 Å². The van der Waals surface area contributed by atoms with Crippen molar-refractivity contribution in [3.05, 3.63) is 23.7 Å². The number of hydrogen-bond donors (Lipinski definition) is 0. The Kier molecular flexibility index (Phi) is 1.87. The van der Waals surface area contributed by atoms with Gasteiger partial charge < -0.3 is 14.3 Å². The number of carbonyl (C=O) groups is 1. The molecule has 2 aliphatic rings. The predicted octanol–water partition coefficient (Wildman–Crippen LogP) is 1.41. The minimum absolute atomic E-state index is 0.538. The number of hydrogen-bond acceptors (Lipinski definition) is 3. The maximum Gasteiger partial charge on any atom is 0.151 e. The minimum atomic E-state index is -0.617. The van der Waals surface area contributed by atoms with E-state index in [2.05, 4.69) is 0 Å². The van der Waals surface area contributed by atoms with Crippen LogP contribution in [0, 0.1) is 5.41 Å². The lowest BCUT2D eigenvalue weighted by Gasteiger charge is -2.32. The number of rotatable bonds is 1. The first-order valence-electron chi connectivity index (χ1n) is 4.39. The quantitative estimate of drug-likeness (QED) is 0.452. The molecule has 3 nitrogen and oxygen atoms in total. The third-order valence-corrected chi connectivity index (χ3v) is 2.36. The highest BCUT2D eigenvalue weighted by molar-refractivity contribution is 5.68. The number of ether oxygens (including phenoxy) is 2. The molecule has 0 radical (unpaired) electrons. The van der Waals surface area contributed by atoms with Crippen LogP contribution in [0.15, 0.2) is 23.7 Å². The summed E-state index contributed by atoms with van der Waals surface area (Å²) in [6.45, 7) is 2.96. The lowest BCUT2D eigenvalue weighted by molar-refractivity contribution is -0.114. The average molecular weight is 180 g/mol. The first-order valence-corrected chi connectivity index (χ1v) is 4.39. The maximum atomic E-state index is 10.9. The highest BCUT2D eigenvalue weighted by atomic mass is 16.6. The third-order valence-electron chi connectivity index (χ3n) is 2.36. The van der Waals surface area contributed by atoms with E-state index in [4.69, 9.17) is 9.47 Å². The molecule has 1 aliphatic heterocycles. The van der Waals surface area contributed by atoms with Crippen molar-refractivity contribution in [3.63, 3.8) is 0 Å². The van der Waals surface area contributed by atoms with Crippen LogP contribution in [0.25, 0.3) is 0 Å². The number of carbonyl (C=O) groups excluding carboxylic acids is 1. The van der Waals surface area contributed by atoms with Gasteiger partial charge in [-0.15, -0.1) is 0 Å². The number of allylic oxidation sites excluding steroid dienone is 2. The van der Waals surface area contributed by atoms with Crippen molar-refractivity contribution in [2.45, 2.75) is 13.3 Å². The monoisotopic (exact) mass is 180 g/mol. The zero-order chi connectivity index (χ0) is 9.31. The summed E-state index contributed by atoms with van der Waals surface area (Å²) in [5.74, 6) is 1.50. The number of aldehydes is 1. The molecule has 1 heterocycles. The summed E-state index contributed by atoms with van der Waals surface area (Å²) in [5.41, 5.74) is -0.617. The van der Waals surface area contributed by atoms with Crippen LogP contribution in [0.2, 0.25) is 0 Å². The van der Waals surface area contributed by atoms with E-state index in [1.54, 1.807) is 0 Å². The SMILES string of the molecule is CC1(C=O)C=CCC2=C1OCCO2. The van der Waals surface area contributed by atoms with E-state index in [1.165, 1.54) is 0 Å². The van der Waals surface area contributed by atoms with Crippen LogP contribution in [0.5, 0.6) is 0 Å². The molecule has 1 atom stereocenters. The van der Waals surface area contributed by atoms with E-state index in [1.807, 2.05) is 19.1 Å². The van der Waals surface area contributed by atoms with E-state index in [0.717, 1.165) is 18.5 Å². The molecule has 0 spiro atoms. The van der Waals surface area contributed by atoms with Crippen LogP contribution in [0.3, 0.4) is 0 Å². The van der Waals surface area contributed by atoms with E-state index < -0.39 is 5.41 Å². The second-order valence-corrected chi connectivity index (χ2v) is 3.46. The molecular formula is C10H12O3. The van der Waals surface area contributed by atoms with Crippen molar-refractivity contribution in [1.82, 2.24) is 0 Å². The van der Waals surface area contributed by atoms with Gasteiger partial charge in [-0.25, -0.2) is 0 Å². The van der Waals surface area contributed by atoms with Crippen LogP contribution < -0.4 is 0 Å². The van der Waals surface area contributed by atoms with Crippen molar-refractivity contribution in [2.75, 3.05) is 13.2 Å². The summed E-state index contributed by atoms with van der Waals surface area (Å²) < 4.78 is 10.9. The van der Waals surface area contributed by atoms with Gasteiger partial charge in [0, 0.05) is 6.42 Å². The minimum Gasteiger partial charge on any atom is -0.490 e. The van der Waals surface area contributed by atoms with Gasteiger partial charge in [-0.05, 0) is 6.92 Å². The summed E-state index contributed by atoms with van der Waals surface area (Å²) in [4.78, 5) is 10.9. The Hall–Kier alpha value is -1.25. The Bertz CT molecular complexity index is 291. The summed E-state index contributed by atoms with van der Waals surface area (Å²) >= 11 is 0. The topological polar surface area (TPSA) is 35.5 Å². The molecule has 1 aliphatic carbocycles. The standard InChI is InChI=1S/C10H12O3/c1-10(7-11)4-2-3-8-9(10)13-6-5-12-8/h2,4,7H,3,5-6H2,1H3. The molecule has 0 bridgehead atoms. The van der Waals surface area contributed by atoms with Crippen LogP contribution in [-0.4, -0.2) is 19.5 Å². The molecular weight excluding hydrogens is 168 g/mol. The molecule has 0 aromatic rings. The largest absolute Gasteiger partial charge is 0.490 e. The molecule has 1 unspecified atom stereocenters. The van der Waals surface area contributed by atoms with Crippen molar-refractivity contribution in [2.24, 2.45) is 5.41 Å². The molecule has 0 amide bonds. The van der Waals surface area contributed by atoms with Gasteiger partial charge in [0.15, 0.2) is 5.76 Å². The van der Waals surface area contributed by atoms with Gasteiger partial charge in [0.2, 0.25) is 0 Å². The lowest BCUT2D eigenvalue weighted by Crippen LogP contribution is -2.29. The van der Waals surface area contributed by atoms with Gasteiger partial charge in [0.05, 0.1) is 0 Å². The van der Waals surface area contributed by atoms with E-state index >= 15 is 0 Å². The lowest BCUT2D eigenvalue weighted by atomic mass is 9.85. The zero-order valence-electron chi connectivity index (χ0n) is 7.58. The molecule has 0 aromatic carbocycles. The van der Waals surface area contributed by atoms with Crippen molar-refractivity contribution >= 4 is 6.29 Å². The van der Waals surface area contributed by atoms with Gasteiger partial charge >= 0.3 is 0 Å². The first-order chi connectivity index (χ1) is 6.26. The van der Waals surface area contributed by atoms with Crippen LogP contribution in [0.1, 0.15) is 13.3 Å². The normalized spacial score (nSPS) is 31.8. The second-order valence-electron chi connectivity index (χ2n) is 3.46. The fourth-order valence-corrected chi connectivity index (χ4v) is 1.64. The zero-order valence-corrected chi connectivity index (χ0v) is 7.58. The van der Waals surface area contributed by atoms with Gasteiger partial charge in [-0.2, -0.15) is 0 Å². The smallest absolute Gasteiger partial charge is 0.151 e. The van der Waals surface area contributed by atoms with Crippen molar-refractivity contribution in [3.8, 4) is 0 Å². The van der Waals surface area contributed by atoms with Crippen LogP contribution in [0.4, 0.5) is 0 Å². The molecule has 3 heteroatoms. The first kappa shape index (κ1) is 8.35. The van der Waals surface area contributed by atoms with Crippen LogP contribution >= 0.6 is 0 Å². The molecule has 0 saturated carbocycles. The second kappa shape index (κ2) is 2.91. The van der Waals surface area contributed by atoms with E-state index in [9.17, 15) is 4.79 Å². The molecule has 13 heavy (non-hydrogen) atoms. The molecule has 0 N–H and O–H groups in total. The van der Waals surface area contributed by atoms with Gasteiger partial charge in [0.25, 0.3) is 0 Å². The van der Waals surface area contributed by atoms with Gasteiger partial charge in [0.1, 0.15) is 30.7 Å². The molecule has 0 saturated heterocycles. The fourth-order valence-electron chi connectivity index (χ4n) is 1.64. The highest BCUT2D eigenvalue weighted by Gasteiger charge is 2.35. The van der Waals surface area contributed by atoms with Gasteiger partial charge in [-0.3, -0.25) is 0 Å². The summed E-state index contributed by atoms with van der Waals surface area (Å²) in [7, 11) is 0. The average Bonchev–Trinajstić information content (AvgIpc) is 2.19. The van der Waals surface area contributed by atoms with Crippen molar-refractivity contribution < 1.29 is 14.3 Å². The molecule has 0 fully saturated rings. The molecule has 0 aromatic heterocycles. The fraction of sp³-hybridized carbons (Fsp3) is 0.500. The Morgan fingerprint density at radius 2 is 2.23 bits per heavy atom. The Morgan fingerprint density at radius 1 is 1.46 bits per heavy atom. The summed E-state index contributed by atoms with van der Waals surface area (Å²) in [6.07, 6.45) is 5.45. The third kappa shape index (κ3) is 1.24. The molecule has 70 valence electrons. The van der Waals surface area contributed by atoms with Crippen LogP contribution in [-0.2, 0) is 14.3 Å². The summed E-state index contributed by atoms with van der Waals surface area (Å²) in [5, 5.41) is 0. The molecule has 2 rings (SSSR count). The van der Waals surface area contributed by atoms with E-state index in [-0.39, 0.29) is 0 Å². The predicted molar refractivity (Wildman–Crippen MR) is 46.9 cm³/mol. The Morgan fingerprint density at radius 3 is 3.00 bits per heavy atom. The summed E-state index contributed by atoms with van der Waals surface area (Å²) in [6, 6.07) is 0. The Balaban J connectivity index is 2.38. The maximum absolute atomic E-state index is 10.9. The van der Waals surface area contributed by atoms with Gasteiger partial charge in [-0.1, -0.05) is 12.2 Å². The Labute approximate surface area is 77.0 Å². The van der Waals surface area contributed by atoms with Crippen molar-refractivity contribution in [1.29, 1.82) is 0 Å².